The molecule has 4 saturated carbocycles. The number of aromatic nitrogens is 3. The second kappa shape index (κ2) is 14.0. The molecule has 1 aromatic carbocycles. The molecule has 2 aliphatic heterocycles. The van der Waals surface area contributed by atoms with Gasteiger partial charge in [-0.3, -0.25) is 4.90 Å². The Morgan fingerprint density at radius 3 is 2.47 bits per heavy atom. The Bertz CT molecular complexity index is 1750. The van der Waals surface area contributed by atoms with Gasteiger partial charge < -0.3 is 14.9 Å². The number of carbonyl (C=O) groups is 2. The quantitative estimate of drug-likeness (QED) is 0.251. The van der Waals surface area contributed by atoms with Gasteiger partial charge in [-0.15, -0.1) is 0 Å². The average Bonchev–Trinajstić information content (AvgIpc) is 3.84. The molecule has 274 valence electrons. The molecule has 51 heavy (non-hydrogen) atoms. The topological polar surface area (TPSA) is 121 Å². The van der Waals surface area contributed by atoms with E-state index in [9.17, 15) is 19.8 Å². The molecule has 2 amide bonds. The first-order chi connectivity index (χ1) is 24.7. The average molecular weight is 809 g/mol. The molecule has 11 heteroatoms. The zero-order valence-electron chi connectivity index (χ0n) is 29.8. The molecule has 6 fully saturated rings. The molecule has 9 rings (SSSR count). The number of rotatable bonds is 9. The van der Waals surface area contributed by atoms with Crippen LogP contribution >= 0.6 is 0 Å². The number of nitrogens with zero attached hydrogens (tertiary/aromatic N) is 5. The monoisotopic (exact) mass is 808 g/mol. The minimum absolute atomic E-state index is 0.0816. The second-order valence-electron chi connectivity index (χ2n) is 16.1. The normalized spacial score (nSPS) is 30.8. The molecular weight excluding hydrogens is 757 g/mol. The van der Waals surface area contributed by atoms with Crippen molar-refractivity contribution in [1.82, 2.24) is 19.7 Å². The first-order valence-corrected chi connectivity index (χ1v) is 21.9. The number of methoxy groups -OCH3 is 1. The summed E-state index contributed by atoms with van der Waals surface area (Å²) >= 11 is 0.233. The minimum atomic E-state index is -0.954. The summed E-state index contributed by atoms with van der Waals surface area (Å²) in [5.41, 5.74) is 4.94. The second-order valence-corrected chi connectivity index (χ2v) is 19.3. The van der Waals surface area contributed by atoms with Crippen LogP contribution in [0.15, 0.2) is 48.9 Å². The van der Waals surface area contributed by atoms with E-state index in [1.54, 1.807) is 7.11 Å². The first kappa shape index (κ1) is 34.9. The van der Waals surface area contributed by atoms with E-state index in [4.69, 9.17) is 14.8 Å². The van der Waals surface area contributed by atoms with Gasteiger partial charge >= 0.3 is 213 Å². The van der Waals surface area contributed by atoms with Gasteiger partial charge in [-0.05, 0) is 43.7 Å². The predicted molar refractivity (Wildman–Crippen MR) is 191 cm³/mol. The summed E-state index contributed by atoms with van der Waals surface area (Å²) in [6, 6.07) is 10.7. The summed E-state index contributed by atoms with van der Waals surface area (Å²) in [4.78, 5) is 34.4. The van der Waals surface area contributed by atoms with Crippen molar-refractivity contribution in [2.75, 3.05) is 34.0 Å². The van der Waals surface area contributed by atoms with Crippen LogP contribution in [0.3, 0.4) is 0 Å². The van der Waals surface area contributed by atoms with Crippen LogP contribution in [0, 0.1) is 24.2 Å². The summed E-state index contributed by atoms with van der Waals surface area (Å²) < 4.78 is 10.0. The molecule has 4 atom stereocenters. The molecule has 0 spiro atoms. The number of aryl methyl sites for hydroxylation is 1. The van der Waals surface area contributed by atoms with Crippen LogP contribution in [0.5, 0.6) is 5.75 Å². The molecular formula is C40H51IN5O5-. The van der Waals surface area contributed by atoms with E-state index >= 15 is 0 Å². The van der Waals surface area contributed by atoms with E-state index in [0.717, 1.165) is 99.9 Å². The van der Waals surface area contributed by atoms with Gasteiger partial charge in [0.2, 0.25) is 0 Å². The van der Waals surface area contributed by atoms with Gasteiger partial charge in [0.15, 0.2) is 0 Å². The van der Waals surface area contributed by atoms with Crippen molar-refractivity contribution in [1.29, 1.82) is 0 Å². The number of aliphatic hydroxyl groups excluding tert-OH is 1. The van der Waals surface area contributed by atoms with Crippen LogP contribution in [-0.2, 0) is 10.2 Å². The number of carbonyl (C=O) groups excluding carboxylic acids is 1. The fraction of sp³-hybridized carbons (Fsp3) is 0.600. The predicted octanol–water partition coefficient (Wildman–Crippen LogP) is 3.45. The standard InChI is InChI=1S/C40H51IN5O5/c1-26-19-31(4-6-34(26)51-2)40-13-10-39(11-14-40,12-15-40)25-45(37(48)27-7-16-41-17-8-27)35-21-28(9-18-42-35)30-22-43-46(23-30)32-5-3-29(20-32)36-33(47)24-44(36)38(49)50/h4,6,9,18-19,21-23,27,29,32-33,36,47H,3,5,7-8,10-17,20,24-25H2,1-2H3,(H,49,50)/q-1. The summed E-state index contributed by atoms with van der Waals surface area (Å²) in [5, 5.41) is 24.6. The Hall–Kier alpha value is -3.19. The number of hydrogen-bond donors (Lipinski definition) is 2. The number of alkyl halides is 2. The van der Waals surface area contributed by atoms with Gasteiger partial charge in [0.25, 0.3) is 0 Å². The third kappa shape index (κ3) is 6.55. The van der Waals surface area contributed by atoms with Crippen LogP contribution in [0.4, 0.5) is 10.6 Å². The third-order valence-electron chi connectivity index (χ3n) is 13.3. The van der Waals surface area contributed by atoms with Crippen molar-refractivity contribution >= 4 is 17.8 Å². The Kier molecular flexibility index (Phi) is 9.56. The number of benzene rings is 1. The number of fused-ring (bicyclic) bond motifs is 3. The fourth-order valence-electron chi connectivity index (χ4n) is 10.1. The van der Waals surface area contributed by atoms with Crippen LogP contribution in [-0.4, -0.2) is 83.1 Å². The summed E-state index contributed by atoms with van der Waals surface area (Å²) in [6.07, 6.45) is 15.7. The van der Waals surface area contributed by atoms with Gasteiger partial charge in [-0.2, -0.15) is 0 Å². The molecule has 4 aliphatic carbocycles. The van der Waals surface area contributed by atoms with Crippen LogP contribution < -0.4 is 30.8 Å². The Labute approximate surface area is 311 Å². The molecule has 10 nitrogen and oxygen atoms in total. The van der Waals surface area contributed by atoms with E-state index in [1.807, 2.05) is 23.1 Å². The maximum atomic E-state index is 14.5. The SMILES string of the molecule is COc1ccc(C23CCC(CN(C(=O)C4CC[I-]CC4)c4cc(-c5cnn(C6CCC(C7C(O)CN7C(=O)O)C6)c5)ccn4)(CC2)CC3)cc1C. The van der Waals surface area contributed by atoms with E-state index in [2.05, 4.69) is 42.3 Å². The van der Waals surface area contributed by atoms with E-state index < -0.39 is 12.2 Å². The third-order valence-corrected chi connectivity index (χ3v) is 16.1. The van der Waals surface area contributed by atoms with E-state index in [-0.39, 0.29) is 68.4 Å². The fourth-order valence-corrected chi connectivity index (χ4v) is 13.0. The van der Waals surface area contributed by atoms with Crippen molar-refractivity contribution in [3.05, 3.63) is 60.0 Å². The number of halogens is 1. The van der Waals surface area contributed by atoms with Gasteiger partial charge in [-0.1, -0.05) is 0 Å². The van der Waals surface area contributed by atoms with Crippen molar-refractivity contribution in [3.8, 4) is 16.9 Å². The molecule has 2 N–H and O–H groups in total. The van der Waals surface area contributed by atoms with Crippen molar-refractivity contribution < 1.29 is 45.7 Å². The number of carboxylic acid groups (broad SMARTS) is 1. The molecule has 2 bridgehead atoms. The molecule has 4 unspecified atom stereocenters. The molecule has 2 saturated heterocycles. The number of amides is 2. The molecule has 4 heterocycles. The van der Waals surface area contributed by atoms with Crippen LogP contribution in [0.1, 0.15) is 87.8 Å². The Balaban J connectivity index is 1.01. The van der Waals surface area contributed by atoms with Crippen LogP contribution in [0.25, 0.3) is 11.1 Å². The van der Waals surface area contributed by atoms with Crippen molar-refractivity contribution in [2.24, 2.45) is 17.3 Å². The molecule has 3 aromatic rings. The van der Waals surface area contributed by atoms with Crippen molar-refractivity contribution in [3.63, 3.8) is 0 Å². The smallest absolute Gasteiger partial charge is 0.0361 e. The van der Waals surface area contributed by atoms with Crippen molar-refractivity contribution in [2.45, 2.75) is 101 Å². The first-order valence-electron chi connectivity index (χ1n) is 18.9. The van der Waals surface area contributed by atoms with Gasteiger partial charge in [-0.25, -0.2) is 4.79 Å². The summed E-state index contributed by atoms with van der Waals surface area (Å²) in [5.74, 6) is 2.16. The van der Waals surface area contributed by atoms with Crippen LogP contribution in [0.2, 0.25) is 0 Å². The number of aliphatic hydroxyl groups is 1. The van der Waals surface area contributed by atoms with E-state index in [0.29, 0.717) is 0 Å². The number of hydrogen-bond acceptors (Lipinski definition) is 6. The Morgan fingerprint density at radius 2 is 1.78 bits per heavy atom. The summed E-state index contributed by atoms with van der Waals surface area (Å²) in [6.45, 7) is 3.07. The maximum absolute atomic E-state index is 14.5. The zero-order valence-corrected chi connectivity index (χ0v) is 32.0. The van der Waals surface area contributed by atoms with Gasteiger partial charge in [0, 0.05) is 0 Å². The molecule has 6 aliphatic rings. The molecule has 0 radical (unpaired) electrons. The van der Waals surface area contributed by atoms with E-state index in [1.165, 1.54) is 24.9 Å². The van der Waals surface area contributed by atoms with Gasteiger partial charge in [0.05, 0.1) is 25.8 Å². The van der Waals surface area contributed by atoms with Gasteiger partial charge in [0.1, 0.15) is 5.75 Å². The minimum Gasteiger partial charge on any atom is -0.0361 e. The molecule has 2 aromatic heterocycles. The zero-order chi connectivity index (χ0) is 35.3. The Morgan fingerprint density at radius 1 is 1.02 bits per heavy atom. The number of β-amino-alcohol motifs (C(OH)–C–C–N with tert-alkyl or cyclic N) is 1. The number of ether oxygens (including phenoxy) is 1. The number of pyridine rings is 1. The summed E-state index contributed by atoms with van der Waals surface area (Å²) in [7, 11) is 1.74. The number of anilines is 1. The number of likely N-dealkylation sites (tertiary alicyclic amines) is 1.